The molecule has 3 aromatic rings. The molecule has 0 saturated carbocycles. The predicted octanol–water partition coefficient (Wildman–Crippen LogP) is -1.11. The Balaban J connectivity index is 1.58. The first kappa shape index (κ1) is 16.3. The summed E-state index contributed by atoms with van der Waals surface area (Å²) < 4.78 is 13.7. The van der Waals surface area contributed by atoms with Crippen molar-refractivity contribution < 1.29 is 14.3 Å². The summed E-state index contributed by atoms with van der Waals surface area (Å²) in [6.45, 7) is 0.607. The molecule has 4 rings (SSSR count). The van der Waals surface area contributed by atoms with Crippen LogP contribution in [0.5, 0.6) is 0 Å². The summed E-state index contributed by atoms with van der Waals surface area (Å²) in [5.41, 5.74) is -0.949. The molecule has 12 nitrogen and oxygen atoms in total. The molecule has 3 aromatic heterocycles. The number of esters is 1. The summed E-state index contributed by atoms with van der Waals surface area (Å²) in [5.74, 6) is -0.265. The first-order valence-corrected chi connectivity index (χ1v) is 7.99. The Kier molecular flexibility index (Phi) is 3.95. The van der Waals surface area contributed by atoms with Crippen molar-refractivity contribution in [2.24, 2.45) is 7.05 Å². The SMILES string of the molecule is Cn1ncc2c(=O)[nH]c(COC(=O)C3(n4cnnn4)CCOCC3)nc21. The Hall–Kier alpha value is -3.15. The molecule has 0 atom stereocenters. The van der Waals surface area contributed by atoms with E-state index in [1.54, 1.807) is 7.05 Å². The fourth-order valence-corrected chi connectivity index (χ4v) is 3.01. The molecular weight excluding hydrogens is 344 g/mol. The van der Waals surface area contributed by atoms with Crippen molar-refractivity contribution in [3.8, 4) is 0 Å². The van der Waals surface area contributed by atoms with Gasteiger partial charge in [-0.1, -0.05) is 0 Å². The number of nitrogens with zero attached hydrogens (tertiary/aromatic N) is 7. The highest BCUT2D eigenvalue weighted by Crippen LogP contribution is 2.29. The van der Waals surface area contributed by atoms with Crippen molar-refractivity contribution in [1.29, 1.82) is 0 Å². The van der Waals surface area contributed by atoms with Gasteiger partial charge in [0.15, 0.2) is 11.2 Å². The molecule has 4 heterocycles. The first-order chi connectivity index (χ1) is 12.6. The van der Waals surface area contributed by atoms with E-state index >= 15 is 0 Å². The van der Waals surface area contributed by atoms with Crippen LogP contribution < -0.4 is 5.56 Å². The number of hydrogen-bond acceptors (Lipinski definition) is 9. The molecule has 1 N–H and O–H groups in total. The third-order valence-electron chi connectivity index (χ3n) is 4.48. The summed E-state index contributed by atoms with van der Waals surface area (Å²) in [4.78, 5) is 31.8. The molecule has 0 amide bonds. The molecule has 26 heavy (non-hydrogen) atoms. The van der Waals surface area contributed by atoms with Crippen molar-refractivity contribution in [3.63, 3.8) is 0 Å². The second-order valence-electron chi connectivity index (χ2n) is 5.99. The highest BCUT2D eigenvalue weighted by Gasteiger charge is 2.45. The predicted molar refractivity (Wildman–Crippen MR) is 84.8 cm³/mol. The molecule has 0 aromatic carbocycles. The number of aromatic amines is 1. The molecule has 136 valence electrons. The number of hydrogen-bond donors (Lipinski definition) is 1. The van der Waals surface area contributed by atoms with Gasteiger partial charge < -0.3 is 14.5 Å². The molecule has 1 aliphatic rings. The number of carbonyl (C=O) groups excluding carboxylic acids is 1. The molecule has 1 saturated heterocycles. The van der Waals surface area contributed by atoms with Gasteiger partial charge in [-0.2, -0.15) is 5.10 Å². The zero-order chi connectivity index (χ0) is 18.1. The Morgan fingerprint density at radius 2 is 2.23 bits per heavy atom. The Labute approximate surface area is 146 Å². The van der Waals surface area contributed by atoms with Gasteiger partial charge in [-0.3, -0.25) is 9.48 Å². The van der Waals surface area contributed by atoms with Crippen LogP contribution in [0.1, 0.15) is 18.7 Å². The molecule has 0 aliphatic carbocycles. The number of carbonyl (C=O) groups is 1. The van der Waals surface area contributed by atoms with Gasteiger partial charge >= 0.3 is 5.97 Å². The van der Waals surface area contributed by atoms with Crippen LogP contribution >= 0.6 is 0 Å². The Bertz CT molecular complexity index is 986. The van der Waals surface area contributed by atoms with Crippen molar-refractivity contribution >= 4 is 17.0 Å². The third-order valence-corrected chi connectivity index (χ3v) is 4.48. The second-order valence-corrected chi connectivity index (χ2v) is 5.99. The molecule has 0 spiro atoms. The van der Waals surface area contributed by atoms with Gasteiger partial charge in [0, 0.05) is 33.1 Å². The summed E-state index contributed by atoms with van der Waals surface area (Å²) >= 11 is 0. The summed E-state index contributed by atoms with van der Waals surface area (Å²) in [6.07, 6.45) is 3.60. The molecule has 0 unspecified atom stereocenters. The van der Waals surface area contributed by atoms with Gasteiger partial charge in [0.25, 0.3) is 5.56 Å². The number of aryl methyl sites for hydroxylation is 1. The summed E-state index contributed by atoms with van der Waals surface area (Å²) in [7, 11) is 1.68. The number of rotatable bonds is 4. The van der Waals surface area contributed by atoms with E-state index in [0.717, 1.165) is 0 Å². The lowest BCUT2D eigenvalue weighted by Gasteiger charge is -2.33. The Morgan fingerprint density at radius 1 is 1.42 bits per heavy atom. The minimum absolute atomic E-state index is 0.181. The topological polar surface area (TPSA) is 143 Å². The lowest BCUT2D eigenvalue weighted by molar-refractivity contribution is -0.162. The van der Waals surface area contributed by atoms with E-state index in [4.69, 9.17) is 9.47 Å². The first-order valence-electron chi connectivity index (χ1n) is 7.99. The van der Waals surface area contributed by atoms with Gasteiger partial charge in [0.1, 0.15) is 24.1 Å². The fourth-order valence-electron chi connectivity index (χ4n) is 3.01. The largest absolute Gasteiger partial charge is 0.456 e. The standard InChI is InChI=1S/C14H16N8O4/c1-21-11-9(6-16-21)12(23)18-10(17-11)7-26-13(24)14(2-4-25-5-3-14)22-8-15-19-20-22/h6,8H,2-5,7H2,1H3,(H,17,18,23). The van der Waals surface area contributed by atoms with Crippen LogP contribution in [-0.4, -0.2) is 59.1 Å². The van der Waals surface area contributed by atoms with Crippen LogP contribution in [0, 0.1) is 0 Å². The van der Waals surface area contributed by atoms with Crippen molar-refractivity contribution in [2.45, 2.75) is 25.0 Å². The van der Waals surface area contributed by atoms with Gasteiger partial charge in [-0.15, -0.1) is 5.10 Å². The van der Waals surface area contributed by atoms with E-state index in [1.165, 1.54) is 21.9 Å². The van der Waals surface area contributed by atoms with E-state index < -0.39 is 11.5 Å². The van der Waals surface area contributed by atoms with Gasteiger partial charge in [-0.25, -0.2) is 14.5 Å². The van der Waals surface area contributed by atoms with Crippen molar-refractivity contribution in [2.75, 3.05) is 13.2 Å². The molecule has 12 heteroatoms. The fraction of sp³-hybridized carbons (Fsp3) is 0.500. The molecule has 1 aliphatic heterocycles. The van der Waals surface area contributed by atoms with Crippen molar-refractivity contribution in [1.82, 2.24) is 40.0 Å². The van der Waals surface area contributed by atoms with E-state index in [9.17, 15) is 9.59 Å². The number of nitrogens with one attached hydrogen (secondary N) is 1. The van der Waals surface area contributed by atoms with Gasteiger partial charge in [0.2, 0.25) is 0 Å². The number of ether oxygens (including phenoxy) is 2. The lowest BCUT2D eigenvalue weighted by Crippen LogP contribution is -2.48. The van der Waals surface area contributed by atoms with Crippen LogP contribution in [0.4, 0.5) is 0 Å². The monoisotopic (exact) mass is 360 g/mol. The minimum Gasteiger partial charge on any atom is -0.456 e. The van der Waals surface area contributed by atoms with E-state index in [2.05, 4.69) is 30.6 Å². The maximum Gasteiger partial charge on any atom is 0.334 e. The van der Waals surface area contributed by atoms with Crippen LogP contribution in [-0.2, 0) is 33.5 Å². The molecule has 1 fully saturated rings. The highest BCUT2D eigenvalue weighted by molar-refractivity contribution is 5.79. The molecule has 0 radical (unpaired) electrons. The lowest BCUT2D eigenvalue weighted by atomic mass is 9.90. The van der Waals surface area contributed by atoms with Crippen molar-refractivity contribution in [3.05, 3.63) is 28.7 Å². The van der Waals surface area contributed by atoms with Crippen LogP contribution in [0.3, 0.4) is 0 Å². The van der Waals surface area contributed by atoms with E-state index in [0.29, 0.717) is 37.1 Å². The summed E-state index contributed by atoms with van der Waals surface area (Å²) in [6, 6.07) is 0. The number of fused-ring (bicyclic) bond motifs is 1. The smallest absolute Gasteiger partial charge is 0.334 e. The molecule has 0 bridgehead atoms. The minimum atomic E-state index is -1.03. The zero-order valence-corrected chi connectivity index (χ0v) is 14.0. The average Bonchev–Trinajstić information content (AvgIpc) is 3.31. The van der Waals surface area contributed by atoms with Crippen LogP contribution in [0.2, 0.25) is 0 Å². The normalized spacial score (nSPS) is 16.7. The van der Waals surface area contributed by atoms with Gasteiger partial charge in [0.05, 0.1) is 6.20 Å². The summed E-state index contributed by atoms with van der Waals surface area (Å²) in [5, 5.41) is 15.4. The van der Waals surface area contributed by atoms with Crippen LogP contribution in [0.25, 0.3) is 11.0 Å². The zero-order valence-electron chi connectivity index (χ0n) is 14.0. The van der Waals surface area contributed by atoms with Gasteiger partial charge in [-0.05, 0) is 10.4 Å². The maximum absolute atomic E-state index is 12.8. The number of aromatic nitrogens is 8. The van der Waals surface area contributed by atoms with E-state index in [-0.39, 0.29) is 18.0 Å². The Morgan fingerprint density at radius 3 is 2.96 bits per heavy atom. The third kappa shape index (κ3) is 2.63. The average molecular weight is 360 g/mol. The maximum atomic E-state index is 12.8. The quantitative estimate of drug-likeness (QED) is 0.573. The molecular formula is C14H16N8O4. The van der Waals surface area contributed by atoms with Crippen LogP contribution in [0.15, 0.2) is 17.3 Å². The second kappa shape index (κ2) is 6.29. The number of tetrazole rings is 1. The van der Waals surface area contributed by atoms with E-state index in [1.807, 2.05) is 0 Å². The highest BCUT2D eigenvalue weighted by atomic mass is 16.5. The number of H-pyrrole nitrogens is 1.